The fraction of sp³-hybridized carbons (Fsp3) is 1.00. The number of rotatable bonds is 1. The van der Waals surface area contributed by atoms with Crippen molar-refractivity contribution in [1.82, 2.24) is 10.4 Å². The number of nitrogens with zero attached hydrogens (tertiary/aromatic N) is 1. The molecule has 1 heterocycles. The van der Waals surface area contributed by atoms with Gasteiger partial charge < -0.3 is 0 Å². The molecule has 0 radical (unpaired) electrons. The van der Waals surface area contributed by atoms with Gasteiger partial charge in [0.05, 0.1) is 0 Å². The van der Waals surface area contributed by atoms with E-state index in [1.54, 1.807) is 0 Å². The number of nitrogens with one attached hydrogen (secondary N) is 1. The van der Waals surface area contributed by atoms with Crippen molar-refractivity contribution in [2.24, 2.45) is 0 Å². The average molecular weight is 280 g/mol. The second kappa shape index (κ2) is 10.6. The molecule has 1 aliphatic carbocycles. The Balaban J connectivity index is 1.81. The third-order valence-corrected chi connectivity index (χ3v) is 5.16. The van der Waals surface area contributed by atoms with E-state index in [4.69, 9.17) is 0 Å². The van der Waals surface area contributed by atoms with Gasteiger partial charge in [0.15, 0.2) is 0 Å². The van der Waals surface area contributed by atoms with Gasteiger partial charge in [-0.3, -0.25) is 5.43 Å². The van der Waals surface area contributed by atoms with Crippen molar-refractivity contribution < 1.29 is 0 Å². The van der Waals surface area contributed by atoms with Crippen LogP contribution in [0.2, 0.25) is 0 Å². The summed E-state index contributed by atoms with van der Waals surface area (Å²) >= 11 is 0. The first-order valence-corrected chi connectivity index (χ1v) is 9.47. The van der Waals surface area contributed by atoms with Crippen LogP contribution < -0.4 is 5.43 Å². The van der Waals surface area contributed by atoms with Gasteiger partial charge in [0.2, 0.25) is 0 Å². The summed E-state index contributed by atoms with van der Waals surface area (Å²) in [5.74, 6) is 0. The lowest BCUT2D eigenvalue weighted by Gasteiger charge is -2.33. The van der Waals surface area contributed by atoms with Crippen molar-refractivity contribution in [2.75, 3.05) is 13.1 Å². The van der Waals surface area contributed by atoms with Crippen LogP contribution >= 0.6 is 0 Å². The number of hydrazine groups is 1. The molecule has 2 aliphatic rings. The first kappa shape index (κ1) is 16.3. The Kier molecular flexibility index (Phi) is 8.65. The smallest absolute Gasteiger partial charge is 0.0243 e. The minimum atomic E-state index is 0.813. The summed E-state index contributed by atoms with van der Waals surface area (Å²) in [6, 6.07) is 0.813. The van der Waals surface area contributed by atoms with E-state index >= 15 is 0 Å². The maximum Gasteiger partial charge on any atom is 0.0243 e. The van der Waals surface area contributed by atoms with Crippen LogP contribution in [-0.2, 0) is 0 Å². The molecule has 0 unspecified atom stereocenters. The zero-order valence-electron chi connectivity index (χ0n) is 13.5. The van der Waals surface area contributed by atoms with Crippen molar-refractivity contribution in [1.29, 1.82) is 0 Å². The van der Waals surface area contributed by atoms with Crippen molar-refractivity contribution in [3.05, 3.63) is 0 Å². The fourth-order valence-electron chi connectivity index (χ4n) is 3.83. The van der Waals surface area contributed by atoms with Gasteiger partial charge >= 0.3 is 0 Å². The molecule has 1 saturated heterocycles. The fourth-order valence-corrected chi connectivity index (χ4v) is 3.83. The Hall–Kier alpha value is -0.0800. The maximum atomic E-state index is 3.78. The topological polar surface area (TPSA) is 15.3 Å². The first-order valence-electron chi connectivity index (χ1n) is 9.47. The molecule has 0 amide bonds. The molecule has 118 valence electrons. The SMILES string of the molecule is C1CCCCC(N2CCCCCCCCN2)CCCC1. The van der Waals surface area contributed by atoms with Gasteiger partial charge in [0.25, 0.3) is 0 Å². The standard InChI is InChI=1S/C18H36N2/c1-2-6-10-14-18(15-11-7-3-1)20-17-13-9-5-4-8-12-16-19-20/h18-19H,1-17H2. The van der Waals surface area contributed by atoms with Gasteiger partial charge in [-0.15, -0.1) is 0 Å². The Bertz CT molecular complexity index is 185. The second-order valence-electron chi connectivity index (χ2n) is 6.93. The molecule has 1 aliphatic heterocycles. The summed E-state index contributed by atoms with van der Waals surface area (Å²) in [5.41, 5.74) is 3.78. The van der Waals surface area contributed by atoms with Gasteiger partial charge in [-0.05, 0) is 25.7 Å². The summed E-state index contributed by atoms with van der Waals surface area (Å²) < 4.78 is 0. The molecular formula is C18H36N2. The lowest BCUT2D eigenvalue weighted by atomic mass is 9.97. The van der Waals surface area contributed by atoms with E-state index < -0.39 is 0 Å². The minimum Gasteiger partial charge on any atom is -0.255 e. The predicted octanol–water partition coefficient (Wildman–Crippen LogP) is 5.04. The molecule has 1 saturated carbocycles. The Labute approximate surface area is 126 Å². The summed E-state index contributed by atoms with van der Waals surface area (Å²) in [6.45, 7) is 2.49. The van der Waals surface area contributed by atoms with E-state index in [1.807, 2.05) is 0 Å². The molecule has 2 heteroatoms. The molecule has 0 spiro atoms. The van der Waals surface area contributed by atoms with Gasteiger partial charge in [-0.2, -0.15) is 0 Å². The molecular weight excluding hydrogens is 244 g/mol. The number of hydrogen-bond donors (Lipinski definition) is 1. The van der Waals surface area contributed by atoms with Gasteiger partial charge in [-0.1, -0.05) is 70.6 Å². The molecule has 2 nitrogen and oxygen atoms in total. The molecule has 0 aromatic carbocycles. The molecule has 2 fully saturated rings. The average Bonchev–Trinajstić information content (AvgIpc) is 2.50. The lowest BCUT2D eigenvalue weighted by Crippen LogP contribution is -2.47. The lowest BCUT2D eigenvalue weighted by molar-refractivity contribution is 0.0990. The summed E-state index contributed by atoms with van der Waals surface area (Å²) in [7, 11) is 0. The Morgan fingerprint density at radius 3 is 1.70 bits per heavy atom. The highest BCUT2D eigenvalue weighted by Crippen LogP contribution is 2.21. The van der Waals surface area contributed by atoms with Crippen LogP contribution in [0.5, 0.6) is 0 Å². The zero-order valence-corrected chi connectivity index (χ0v) is 13.5. The van der Waals surface area contributed by atoms with Crippen LogP contribution in [0.25, 0.3) is 0 Å². The summed E-state index contributed by atoms with van der Waals surface area (Å²) in [5, 5.41) is 2.65. The summed E-state index contributed by atoms with van der Waals surface area (Å²) in [4.78, 5) is 0. The van der Waals surface area contributed by atoms with Crippen LogP contribution in [-0.4, -0.2) is 24.1 Å². The van der Waals surface area contributed by atoms with Crippen LogP contribution in [0.4, 0.5) is 0 Å². The monoisotopic (exact) mass is 280 g/mol. The molecule has 20 heavy (non-hydrogen) atoms. The van der Waals surface area contributed by atoms with Crippen molar-refractivity contribution >= 4 is 0 Å². The largest absolute Gasteiger partial charge is 0.255 e. The van der Waals surface area contributed by atoms with E-state index in [-0.39, 0.29) is 0 Å². The van der Waals surface area contributed by atoms with Crippen LogP contribution in [0.1, 0.15) is 96.3 Å². The highest BCUT2D eigenvalue weighted by Gasteiger charge is 2.18. The van der Waals surface area contributed by atoms with E-state index in [1.165, 1.54) is 109 Å². The Morgan fingerprint density at radius 2 is 1.05 bits per heavy atom. The Morgan fingerprint density at radius 1 is 0.550 bits per heavy atom. The van der Waals surface area contributed by atoms with Crippen molar-refractivity contribution in [3.8, 4) is 0 Å². The summed E-state index contributed by atoms with van der Waals surface area (Å²) in [6.07, 6.45) is 21.6. The molecule has 0 bridgehead atoms. The quantitative estimate of drug-likeness (QED) is 0.724. The maximum absolute atomic E-state index is 3.78. The van der Waals surface area contributed by atoms with E-state index in [0.717, 1.165) is 6.04 Å². The molecule has 2 rings (SSSR count). The number of hydrogen-bond acceptors (Lipinski definition) is 2. The second-order valence-corrected chi connectivity index (χ2v) is 6.93. The molecule has 0 atom stereocenters. The predicted molar refractivity (Wildman–Crippen MR) is 87.8 cm³/mol. The highest BCUT2D eigenvalue weighted by atomic mass is 15.5. The minimum absolute atomic E-state index is 0.813. The molecule has 0 aromatic rings. The van der Waals surface area contributed by atoms with Crippen molar-refractivity contribution in [2.45, 2.75) is 102 Å². The van der Waals surface area contributed by atoms with Crippen molar-refractivity contribution in [3.63, 3.8) is 0 Å². The van der Waals surface area contributed by atoms with Gasteiger partial charge in [0, 0.05) is 19.1 Å². The third-order valence-electron chi connectivity index (χ3n) is 5.16. The van der Waals surface area contributed by atoms with E-state index in [2.05, 4.69) is 10.4 Å². The first-order chi connectivity index (χ1) is 9.97. The molecule has 1 N–H and O–H groups in total. The van der Waals surface area contributed by atoms with Crippen LogP contribution in [0.15, 0.2) is 0 Å². The van der Waals surface area contributed by atoms with Gasteiger partial charge in [0.1, 0.15) is 0 Å². The van der Waals surface area contributed by atoms with E-state index in [0.29, 0.717) is 0 Å². The van der Waals surface area contributed by atoms with Gasteiger partial charge in [-0.25, -0.2) is 5.01 Å². The van der Waals surface area contributed by atoms with E-state index in [9.17, 15) is 0 Å². The molecule has 0 aromatic heterocycles. The zero-order chi connectivity index (χ0) is 13.9. The normalized spacial score (nSPS) is 27.0. The third kappa shape index (κ3) is 6.58. The highest BCUT2D eigenvalue weighted by molar-refractivity contribution is 4.71. The van der Waals surface area contributed by atoms with Crippen LogP contribution in [0, 0.1) is 0 Å². The van der Waals surface area contributed by atoms with Crippen LogP contribution in [0.3, 0.4) is 0 Å².